The van der Waals surface area contributed by atoms with E-state index >= 15 is 0 Å². The first-order chi connectivity index (χ1) is 12.2. The number of carbonyl (C=O) groups excluding carboxylic acids is 1. The normalized spacial score (nSPS) is 10.8. The number of nitrogens with zero attached hydrogens (tertiary/aromatic N) is 3. The fourth-order valence-corrected chi connectivity index (χ4v) is 2.31. The number of methoxy groups -OCH3 is 1. The highest BCUT2D eigenvalue weighted by Gasteiger charge is 2.05. The molecule has 0 aliphatic heterocycles. The second-order valence-corrected chi connectivity index (χ2v) is 5.38. The summed E-state index contributed by atoms with van der Waals surface area (Å²) in [5.74, 6) is 0.516. The molecule has 0 saturated carbocycles. The number of aromatic nitrogens is 2. The van der Waals surface area contributed by atoms with Gasteiger partial charge in [-0.15, -0.1) is 0 Å². The molecule has 3 rings (SSSR count). The molecular weight excluding hydrogens is 316 g/mol. The molecule has 0 spiro atoms. The van der Waals surface area contributed by atoms with Gasteiger partial charge in [-0.2, -0.15) is 10.2 Å². The molecule has 1 N–H and O–H groups in total. The molecular formula is C19H18N4O2. The summed E-state index contributed by atoms with van der Waals surface area (Å²) in [6.07, 6.45) is 5.20. The fourth-order valence-electron chi connectivity index (χ4n) is 2.31. The van der Waals surface area contributed by atoms with E-state index in [1.54, 1.807) is 30.3 Å². The van der Waals surface area contributed by atoms with Crippen molar-refractivity contribution in [2.45, 2.75) is 6.54 Å². The van der Waals surface area contributed by atoms with Crippen LogP contribution in [0.2, 0.25) is 0 Å². The van der Waals surface area contributed by atoms with Crippen LogP contribution in [-0.2, 0) is 6.54 Å². The number of carbonyl (C=O) groups is 1. The van der Waals surface area contributed by atoms with Crippen molar-refractivity contribution in [3.8, 4) is 5.75 Å². The van der Waals surface area contributed by atoms with Crippen molar-refractivity contribution in [1.29, 1.82) is 0 Å². The molecule has 0 aliphatic rings. The van der Waals surface area contributed by atoms with Gasteiger partial charge in [0.15, 0.2) is 0 Å². The molecule has 6 nitrogen and oxygen atoms in total. The van der Waals surface area contributed by atoms with Crippen molar-refractivity contribution in [2.24, 2.45) is 5.10 Å². The molecule has 0 unspecified atom stereocenters. The number of ether oxygens (including phenoxy) is 1. The zero-order chi connectivity index (χ0) is 17.5. The van der Waals surface area contributed by atoms with Crippen LogP contribution in [0.4, 0.5) is 0 Å². The first kappa shape index (κ1) is 16.4. The molecule has 3 aromatic rings. The van der Waals surface area contributed by atoms with Crippen LogP contribution in [0.25, 0.3) is 0 Å². The summed E-state index contributed by atoms with van der Waals surface area (Å²) in [6.45, 7) is 0.614. The highest BCUT2D eigenvalue weighted by atomic mass is 16.5. The van der Waals surface area contributed by atoms with E-state index < -0.39 is 0 Å². The molecule has 0 radical (unpaired) electrons. The summed E-state index contributed by atoms with van der Waals surface area (Å²) in [5.41, 5.74) is 4.96. The molecule has 6 heteroatoms. The predicted molar refractivity (Wildman–Crippen MR) is 95.8 cm³/mol. The van der Waals surface area contributed by atoms with Gasteiger partial charge in [0.05, 0.1) is 19.9 Å². The van der Waals surface area contributed by atoms with Crippen molar-refractivity contribution in [3.63, 3.8) is 0 Å². The van der Waals surface area contributed by atoms with E-state index in [-0.39, 0.29) is 5.91 Å². The quantitative estimate of drug-likeness (QED) is 0.557. The standard InChI is InChI=1S/C19H18N4O2/c1-25-18-8-6-15(7-9-18)13-20-22-19(24)17-5-2-4-16(12-17)14-23-11-3-10-21-23/h2-13H,14H2,1H3,(H,22,24)/b20-13-. The lowest BCUT2D eigenvalue weighted by Gasteiger charge is -2.05. The average molecular weight is 334 g/mol. The van der Waals surface area contributed by atoms with E-state index in [9.17, 15) is 4.79 Å². The Labute approximate surface area is 145 Å². The maximum atomic E-state index is 12.2. The minimum Gasteiger partial charge on any atom is -0.497 e. The number of hydrazone groups is 1. The van der Waals surface area contributed by atoms with Crippen LogP contribution < -0.4 is 10.2 Å². The molecule has 0 saturated heterocycles. The van der Waals surface area contributed by atoms with Crippen molar-refractivity contribution in [3.05, 3.63) is 83.7 Å². The predicted octanol–water partition coefficient (Wildman–Crippen LogP) is 2.70. The molecule has 2 aromatic carbocycles. The molecule has 126 valence electrons. The van der Waals surface area contributed by atoms with Gasteiger partial charge in [0, 0.05) is 18.0 Å². The number of rotatable bonds is 6. The van der Waals surface area contributed by atoms with Crippen molar-refractivity contribution in [1.82, 2.24) is 15.2 Å². The summed E-state index contributed by atoms with van der Waals surface area (Å²) >= 11 is 0. The molecule has 0 fully saturated rings. The molecule has 1 heterocycles. The minimum atomic E-state index is -0.257. The van der Waals surface area contributed by atoms with E-state index in [0.717, 1.165) is 16.9 Å². The van der Waals surface area contributed by atoms with Gasteiger partial charge < -0.3 is 4.74 Å². The lowest BCUT2D eigenvalue weighted by Crippen LogP contribution is -2.18. The number of amides is 1. The molecule has 0 bridgehead atoms. The number of nitrogens with one attached hydrogen (secondary N) is 1. The lowest BCUT2D eigenvalue weighted by atomic mass is 10.1. The third kappa shape index (κ3) is 4.54. The van der Waals surface area contributed by atoms with Crippen molar-refractivity contribution in [2.75, 3.05) is 7.11 Å². The van der Waals surface area contributed by atoms with Crippen LogP contribution in [-0.4, -0.2) is 29.0 Å². The lowest BCUT2D eigenvalue weighted by molar-refractivity contribution is 0.0955. The molecule has 0 aliphatic carbocycles. The largest absolute Gasteiger partial charge is 0.497 e. The monoisotopic (exact) mass is 334 g/mol. The molecule has 1 amide bonds. The Morgan fingerprint density at radius 2 is 2.08 bits per heavy atom. The first-order valence-corrected chi connectivity index (χ1v) is 7.78. The second-order valence-electron chi connectivity index (χ2n) is 5.38. The van der Waals surface area contributed by atoms with Gasteiger partial charge in [-0.3, -0.25) is 9.48 Å². The van der Waals surface area contributed by atoms with Crippen LogP contribution in [0.1, 0.15) is 21.5 Å². The third-order valence-corrected chi connectivity index (χ3v) is 3.59. The Hall–Kier alpha value is -3.41. The van der Waals surface area contributed by atoms with Crippen LogP contribution in [0.3, 0.4) is 0 Å². The smallest absolute Gasteiger partial charge is 0.271 e. The van der Waals surface area contributed by atoms with Gasteiger partial charge in [0.25, 0.3) is 5.91 Å². The number of benzene rings is 2. The van der Waals surface area contributed by atoms with Crippen molar-refractivity contribution >= 4 is 12.1 Å². The summed E-state index contributed by atoms with van der Waals surface area (Å²) in [5, 5.41) is 8.16. The Bertz CT molecular complexity index is 855. The summed E-state index contributed by atoms with van der Waals surface area (Å²) in [6, 6.07) is 16.7. The highest BCUT2D eigenvalue weighted by Crippen LogP contribution is 2.10. The molecule has 1 aromatic heterocycles. The van der Waals surface area contributed by atoms with Crippen LogP contribution in [0.5, 0.6) is 5.75 Å². The van der Waals surface area contributed by atoms with Gasteiger partial charge >= 0.3 is 0 Å². The van der Waals surface area contributed by atoms with Gasteiger partial charge in [-0.1, -0.05) is 12.1 Å². The third-order valence-electron chi connectivity index (χ3n) is 3.59. The van der Waals surface area contributed by atoms with Crippen LogP contribution in [0, 0.1) is 0 Å². The van der Waals surface area contributed by atoms with E-state index in [0.29, 0.717) is 12.1 Å². The van der Waals surface area contributed by atoms with Crippen LogP contribution >= 0.6 is 0 Å². The molecule has 25 heavy (non-hydrogen) atoms. The minimum absolute atomic E-state index is 0.257. The summed E-state index contributed by atoms with van der Waals surface area (Å²) < 4.78 is 6.90. The SMILES string of the molecule is COc1ccc(/C=N\NC(=O)c2cccc(Cn3cccn3)c2)cc1. The van der Waals surface area contributed by atoms with Crippen molar-refractivity contribution < 1.29 is 9.53 Å². The Morgan fingerprint density at radius 3 is 2.80 bits per heavy atom. The van der Waals surface area contributed by atoms with E-state index in [2.05, 4.69) is 15.6 Å². The van der Waals surface area contributed by atoms with Gasteiger partial charge in [-0.25, -0.2) is 5.43 Å². The molecule has 0 atom stereocenters. The first-order valence-electron chi connectivity index (χ1n) is 7.78. The maximum absolute atomic E-state index is 12.2. The van der Waals surface area contributed by atoms with Gasteiger partial charge in [0.1, 0.15) is 5.75 Å². The van der Waals surface area contributed by atoms with Crippen LogP contribution in [0.15, 0.2) is 72.1 Å². The Balaban J connectivity index is 1.61. The second kappa shape index (κ2) is 7.92. The Kier molecular flexibility index (Phi) is 5.21. The summed E-state index contributed by atoms with van der Waals surface area (Å²) in [4.78, 5) is 12.2. The fraction of sp³-hybridized carbons (Fsp3) is 0.105. The zero-order valence-corrected chi connectivity index (χ0v) is 13.8. The summed E-state index contributed by atoms with van der Waals surface area (Å²) in [7, 11) is 1.61. The number of hydrogen-bond donors (Lipinski definition) is 1. The van der Waals surface area contributed by atoms with Gasteiger partial charge in [-0.05, 0) is 53.6 Å². The topological polar surface area (TPSA) is 68.5 Å². The van der Waals surface area contributed by atoms with E-state index in [1.165, 1.54) is 0 Å². The highest BCUT2D eigenvalue weighted by molar-refractivity contribution is 5.95. The zero-order valence-electron chi connectivity index (χ0n) is 13.8. The van der Waals surface area contributed by atoms with E-state index in [4.69, 9.17) is 4.74 Å². The van der Waals surface area contributed by atoms with Gasteiger partial charge in [0.2, 0.25) is 0 Å². The Morgan fingerprint density at radius 1 is 1.24 bits per heavy atom. The average Bonchev–Trinajstić information content (AvgIpc) is 3.15. The maximum Gasteiger partial charge on any atom is 0.271 e. The van der Waals surface area contributed by atoms with E-state index in [1.807, 2.05) is 54.7 Å². The number of hydrogen-bond acceptors (Lipinski definition) is 4.